The molecule has 2 unspecified atom stereocenters. The number of hydrogen-bond donors (Lipinski definition) is 1. The van der Waals surface area contributed by atoms with Crippen molar-refractivity contribution in [1.29, 1.82) is 0 Å². The number of benzene rings is 1. The summed E-state index contributed by atoms with van der Waals surface area (Å²) in [6, 6.07) is 2.41. The normalized spacial score (nSPS) is 14.8. The van der Waals surface area contributed by atoms with E-state index in [0.717, 1.165) is 43.4 Å². The van der Waals surface area contributed by atoms with Crippen LogP contribution in [0.15, 0.2) is 30.3 Å². The Morgan fingerprint density at radius 3 is 1.42 bits per heavy atom. The van der Waals surface area contributed by atoms with E-state index in [-0.39, 0.29) is 0 Å². The lowest BCUT2D eigenvalue weighted by molar-refractivity contribution is -0.302. The molecule has 1 aromatic rings. The fourth-order valence-corrected chi connectivity index (χ4v) is 3.03. The highest BCUT2D eigenvalue weighted by atomic mass is 19.4. The Morgan fingerprint density at radius 2 is 1.02 bits per heavy atom. The van der Waals surface area contributed by atoms with Crippen LogP contribution in [0.4, 0.5) is 52.7 Å². The third kappa shape index (κ3) is 6.76. The lowest BCUT2D eigenvalue weighted by atomic mass is 10.00. The molecule has 0 saturated heterocycles. The summed E-state index contributed by atoms with van der Waals surface area (Å²) in [5, 5.41) is 0.942. The molecule has 1 rings (SSSR count). The molecule has 0 saturated carbocycles. The average Bonchev–Trinajstić information content (AvgIpc) is 2.91. The van der Waals surface area contributed by atoms with E-state index in [2.05, 4.69) is 14.2 Å². The molecule has 1 amide bonds. The van der Waals surface area contributed by atoms with Crippen molar-refractivity contribution < 1.29 is 86.1 Å². The van der Waals surface area contributed by atoms with Crippen LogP contribution < -0.4 is 5.32 Å². The van der Waals surface area contributed by atoms with Crippen LogP contribution in [0, 0.1) is 0 Å². The van der Waals surface area contributed by atoms with E-state index >= 15 is 0 Å². The minimum Gasteiger partial charge on any atom is -0.461 e. The minimum atomic E-state index is -6.84. The van der Waals surface area contributed by atoms with Gasteiger partial charge in [0.1, 0.15) is 6.10 Å². The minimum absolute atomic E-state index is 0.448. The van der Waals surface area contributed by atoms with Gasteiger partial charge in [0.25, 0.3) is 5.91 Å². The molecular weight excluding hydrogens is 630 g/mol. The van der Waals surface area contributed by atoms with E-state index in [1.54, 1.807) is 0 Å². The number of alkyl halides is 12. The van der Waals surface area contributed by atoms with Gasteiger partial charge in [-0.2, -0.15) is 52.7 Å². The summed E-state index contributed by atoms with van der Waals surface area (Å²) in [4.78, 5) is 46.4. The Bertz CT molecular complexity index is 1180. The molecule has 0 spiro atoms. The summed E-state index contributed by atoms with van der Waals surface area (Å²) >= 11 is 0. The zero-order valence-corrected chi connectivity index (χ0v) is 21.8. The van der Waals surface area contributed by atoms with Crippen LogP contribution in [0.5, 0.6) is 0 Å². The molecular formula is C23H21F12NO7. The number of carbonyl (C=O) groups is 4. The molecule has 0 bridgehead atoms. The summed E-state index contributed by atoms with van der Waals surface area (Å²) in [5.74, 6) is -52.5. The SMILES string of the molecule is CCOC(=O)C(F)(F)C(F)(F)C(F)(F)C(=O)NC(C)C(OC(=O)C(F)(F)C(F)(F)C(F)(F)C(=O)OCC)c1ccccc1. The second-order valence-corrected chi connectivity index (χ2v) is 8.39. The second kappa shape index (κ2) is 12.9. The molecule has 0 radical (unpaired) electrons. The Kier molecular flexibility index (Phi) is 11.2. The number of nitrogens with one attached hydrogen (secondary N) is 1. The Labute approximate surface area is 233 Å². The third-order valence-electron chi connectivity index (χ3n) is 5.36. The highest BCUT2D eigenvalue weighted by Gasteiger charge is 2.80. The van der Waals surface area contributed by atoms with Crippen molar-refractivity contribution in [3.05, 3.63) is 35.9 Å². The van der Waals surface area contributed by atoms with E-state index in [1.165, 1.54) is 6.07 Å². The average molecular weight is 651 g/mol. The Balaban J connectivity index is 3.44. The fourth-order valence-electron chi connectivity index (χ4n) is 3.03. The lowest BCUT2D eigenvalue weighted by Gasteiger charge is -2.33. The predicted molar refractivity (Wildman–Crippen MR) is 116 cm³/mol. The third-order valence-corrected chi connectivity index (χ3v) is 5.36. The second-order valence-electron chi connectivity index (χ2n) is 8.39. The van der Waals surface area contributed by atoms with Gasteiger partial charge in [0.15, 0.2) is 0 Å². The van der Waals surface area contributed by atoms with E-state index < -0.39 is 90.3 Å². The van der Waals surface area contributed by atoms with Gasteiger partial charge in [0.05, 0.1) is 19.3 Å². The maximum absolute atomic E-state index is 14.4. The highest BCUT2D eigenvalue weighted by molar-refractivity contribution is 5.88. The van der Waals surface area contributed by atoms with E-state index in [1.807, 2.05) is 0 Å². The van der Waals surface area contributed by atoms with Gasteiger partial charge in [-0.05, 0) is 26.3 Å². The van der Waals surface area contributed by atoms with E-state index in [4.69, 9.17) is 0 Å². The van der Waals surface area contributed by atoms with E-state index in [9.17, 15) is 71.9 Å². The van der Waals surface area contributed by atoms with Gasteiger partial charge < -0.3 is 19.5 Å². The number of halogens is 12. The van der Waals surface area contributed by atoms with Crippen LogP contribution >= 0.6 is 0 Å². The van der Waals surface area contributed by atoms with Gasteiger partial charge in [-0.1, -0.05) is 30.3 Å². The first-order chi connectivity index (χ1) is 19.4. The van der Waals surface area contributed by atoms with Crippen LogP contribution in [-0.4, -0.2) is 78.6 Å². The maximum atomic E-state index is 14.4. The standard InChI is InChI=1S/C23H21F12NO7/c1-4-41-15(38)19(26,27)22(32,33)18(24,25)14(37)36-11(3)13(12-9-7-6-8-10-12)43-17(40)21(30,31)23(34,35)20(28,29)16(39)42-5-2/h6-11,13H,4-5H2,1-3H3,(H,36,37). The molecule has 0 heterocycles. The van der Waals surface area contributed by atoms with Gasteiger partial charge in [0.2, 0.25) is 0 Å². The smallest absolute Gasteiger partial charge is 0.411 e. The fraction of sp³-hybridized carbons (Fsp3) is 0.565. The molecule has 1 N–H and O–H groups in total. The van der Waals surface area contributed by atoms with Crippen LogP contribution in [0.3, 0.4) is 0 Å². The van der Waals surface area contributed by atoms with Gasteiger partial charge in [-0.3, -0.25) is 4.79 Å². The predicted octanol–water partition coefficient (Wildman–Crippen LogP) is 4.71. The molecule has 0 fully saturated rings. The highest BCUT2D eigenvalue weighted by Crippen LogP contribution is 2.48. The number of esters is 3. The number of carbonyl (C=O) groups excluding carboxylic acids is 4. The van der Waals surface area contributed by atoms with Crippen LogP contribution in [-0.2, 0) is 33.4 Å². The van der Waals surface area contributed by atoms with Crippen LogP contribution in [0.25, 0.3) is 0 Å². The number of amides is 1. The monoisotopic (exact) mass is 651 g/mol. The zero-order chi connectivity index (χ0) is 33.8. The molecule has 8 nitrogen and oxygen atoms in total. The zero-order valence-electron chi connectivity index (χ0n) is 21.8. The molecule has 0 aliphatic heterocycles. The Morgan fingerprint density at radius 1 is 0.651 bits per heavy atom. The summed E-state index contributed by atoms with van der Waals surface area (Å²) in [5.41, 5.74) is -0.633. The molecule has 2 atom stereocenters. The van der Waals surface area contributed by atoms with Crippen LogP contribution in [0.2, 0.25) is 0 Å². The quantitative estimate of drug-likeness (QED) is 0.176. The molecule has 0 aromatic heterocycles. The molecule has 0 aliphatic carbocycles. The summed E-state index contributed by atoms with van der Waals surface area (Å²) in [6.07, 6.45) is -2.65. The Hall–Kier alpha value is -3.74. The van der Waals surface area contributed by atoms with E-state index in [0.29, 0.717) is 6.92 Å². The molecule has 20 heteroatoms. The molecule has 0 aliphatic rings. The first-order valence-corrected chi connectivity index (χ1v) is 11.6. The first kappa shape index (κ1) is 37.3. The van der Waals surface area contributed by atoms with Crippen molar-refractivity contribution in [2.45, 2.75) is 68.5 Å². The topological polar surface area (TPSA) is 108 Å². The molecule has 1 aromatic carbocycles. The summed E-state index contributed by atoms with van der Waals surface area (Å²) < 4.78 is 180. The summed E-state index contributed by atoms with van der Waals surface area (Å²) in [6.45, 7) is 0.184. The van der Waals surface area contributed by atoms with Gasteiger partial charge in [-0.25, -0.2) is 14.4 Å². The van der Waals surface area contributed by atoms with Gasteiger partial charge >= 0.3 is 53.4 Å². The largest absolute Gasteiger partial charge is 0.461 e. The number of rotatable bonds is 14. The first-order valence-electron chi connectivity index (χ1n) is 11.6. The number of hydrogen-bond acceptors (Lipinski definition) is 7. The van der Waals surface area contributed by atoms with Crippen LogP contribution in [0.1, 0.15) is 32.4 Å². The van der Waals surface area contributed by atoms with Gasteiger partial charge in [-0.15, -0.1) is 0 Å². The van der Waals surface area contributed by atoms with Crippen molar-refractivity contribution in [2.75, 3.05) is 13.2 Å². The molecule has 43 heavy (non-hydrogen) atoms. The lowest BCUT2D eigenvalue weighted by Crippen LogP contribution is -2.64. The number of ether oxygens (including phenoxy) is 3. The molecule has 244 valence electrons. The summed E-state index contributed by atoms with van der Waals surface area (Å²) in [7, 11) is 0. The van der Waals surface area contributed by atoms with Gasteiger partial charge in [0, 0.05) is 0 Å². The van der Waals surface area contributed by atoms with Crippen molar-refractivity contribution in [3.8, 4) is 0 Å². The maximum Gasteiger partial charge on any atom is 0.411 e. The van der Waals surface area contributed by atoms with Crippen molar-refractivity contribution in [1.82, 2.24) is 5.32 Å². The van der Waals surface area contributed by atoms with Crippen molar-refractivity contribution in [2.24, 2.45) is 0 Å². The van der Waals surface area contributed by atoms with Crippen molar-refractivity contribution >= 4 is 23.8 Å². The van der Waals surface area contributed by atoms with Crippen molar-refractivity contribution in [3.63, 3.8) is 0 Å².